The van der Waals surface area contributed by atoms with Gasteiger partial charge in [-0.05, 0) is 19.9 Å². The Balaban J connectivity index is 0.00000200. The second kappa shape index (κ2) is 6.76. The highest BCUT2D eigenvalue weighted by atomic mass is 35.5. The lowest BCUT2D eigenvalue weighted by Crippen LogP contribution is -2.54. The quantitative estimate of drug-likeness (QED) is 0.818. The van der Waals surface area contributed by atoms with Crippen LogP contribution in [-0.2, 0) is 9.59 Å². The molecule has 0 aliphatic carbocycles. The molecule has 1 atom stereocenters. The molecule has 2 amide bonds. The molecule has 0 spiro atoms. The number of nitrogens with zero attached hydrogens (tertiary/aromatic N) is 2. The highest BCUT2D eigenvalue weighted by Crippen LogP contribution is 2.27. The van der Waals surface area contributed by atoms with Crippen LogP contribution in [0.15, 0.2) is 0 Å². The number of amides is 2. The summed E-state index contributed by atoms with van der Waals surface area (Å²) in [7, 11) is 0. The van der Waals surface area contributed by atoms with E-state index < -0.39 is 0 Å². The van der Waals surface area contributed by atoms with Crippen molar-refractivity contribution in [2.24, 2.45) is 11.3 Å². The maximum absolute atomic E-state index is 12.5. The Morgan fingerprint density at radius 1 is 1.10 bits per heavy atom. The van der Waals surface area contributed by atoms with E-state index in [1.807, 2.05) is 30.6 Å². The molecular weight excluding hydrogens is 278 g/mol. The predicted octanol–water partition coefficient (Wildman–Crippen LogP) is 0.735. The summed E-state index contributed by atoms with van der Waals surface area (Å²) in [6.45, 7) is 10.3. The molecule has 2 fully saturated rings. The summed E-state index contributed by atoms with van der Waals surface area (Å²) in [6, 6.07) is 0. The molecule has 2 rings (SSSR count). The first-order valence-electron chi connectivity index (χ1n) is 7.23. The average Bonchev–Trinajstić information content (AvgIpc) is 2.85. The standard InChI is InChI=1S/C14H25N3O2.ClH/c1-11(2)12(18)16-6-8-17(9-7-16)13(19)14(3)4-5-15-10-14;/h11,15H,4-10H2,1-3H3;1H. The van der Waals surface area contributed by atoms with Gasteiger partial charge < -0.3 is 15.1 Å². The van der Waals surface area contributed by atoms with E-state index in [0.29, 0.717) is 26.2 Å². The van der Waals surface area contributed by atoms with Crippen molar-refractivity contribution < 1.29 is 9.59 Å². The van der Waals surface area contributed by atoms with E-state index in [1.54, 1.807) is 0 Å². The number of nitrogens with one attached hydrogen (secondary N) is 1. The van der Waals surface area contributed by atoms with E-state index >= 15 is 0 Å². The molecule has 0 aromatic carbocycles. The minimum Gasteiger partial charge on any atom is -0.339 e. The topological polar surface area (TPSA) is 52.7 Å². The maximum Gasteiger partial charge on any atom is 0.229 e. The van der Waals surface area contributed by atoms with Crippen LogP contribution in [0.4, 0.5) is 0 Å². The third-order valence-corrected chi connectivity index (χ3v) is 4.26. The van der Waals surface area contributed by atoms with Crippen molar-refractivity contribution in [2.45, 2.75) is 27.2 Å². The minimum absolute atomic E-state index is 0. The van der Waals surface area contributed by atoms with Crippen molar-refractivity contribution in [3.63, 3.8) is 0 Å². The molecule has 1 N–H and O–H groups in total. The number of carbonyl (C=O) groups excluding carboxylic acids is 2. The van der Waals surface area contributed by atoms with Crippen molar-refractivity contribution in [3.8, 4) is 0 Å². The fourth-order valence-corrected chi connectivity index (χ4v) is 2.88. The van der Waals surface area contributed by atoms with Crippen LogP contribution in [0.1, 0.15) is 27.2 Å². The minimum atomic E-state index is -0.246. The van der Waals surface area contributed by atoms with Gasteiger partial charge in [-0.1, -0.05) is 13.8 Å². The lowest BCUT2D eigenvalue weighted by molar-refractivity contribution is -0.146. The molecular formula is C14H26ClN3O2. The molecule has 20 heavy (non-hydrogen) atoms. The number of carbonyl (C=O) groups is 2. The monoisotopic (exact) mass is 303 g/mol. The van der Waals surface area contributed by atoms with E-state index in [2.05, 4.69) is 5.32 Å². The van der Waals surface area contributed by atoms with Crippen LogP contribution >= 0.6 is 12.4 Å². The Bertz CT molecular complexity index is 359. The lowest BCUT2D eigenvalue weighted by Gasteiger charge is -2.38. The van der Waals surface area contributed by atoms with Crippen LogP contribution < -0.4 is 5.32 Å². The van der Waals surface area contributed by atoms with Gasteiger partial charge in [0.05, 0.1) is 5.41 Å². The van der Waals surface area contributed by atoms with Gasteiger partial charge in [-0.25, -0.2) is 0 Å². The van der Waals surface area contributed by atoms with Crippen molar-refractivity contribution in [2.75, 3.05) is 39.3 Å². The van der Waals surface area contributed by atoms with E-state index in [9.17, 15) is 9.59 Å². The Morgan fingerprint density at radius 2 is 1.65 bits per heavy atom. The second-order valence-electron chi connectivity index (χ2n) is 6.26. The van der Waals surface area contributed by atoms with Crippen molar-refractivity contribution >= 4 is 24.2 Å². The Morgan fingerprint density at radius 3 is 2.10 bits per heavy atom. The average molecular weight is 304 g/mol. The van der Waals surface area contributed by atoms with Gasteiger partial charge in [0.2, 0.25) is 11.8 Å². The second-order valence-corrected chi connectivity index (χ2v) is 6.26. The predicted molar refractivity (Wildman–Crippen MR) is 80.8 cm³/mol. The van der Waals surface area contributed by atoms with Crippen LogP contribution in [0.5, 0.6) is 0 Å². The van der Waals surface area contributed by atoms with Gasteiger partial charge in [0.1, 0.15) is 0 Å². The molecule has 6 heteroatoms. The zero-order chi connectivity index (χ0) is 14.0. The van der Waals surface area contributed by atoms with Crippen molar-refractivity contribution in [1.29, 1.82) is 0 Å². The Kier molecular flexibility index (Phi) is 5.83. The zero-order valence-electron chi connectivity index (χ0n) is 12.6. The summed E-state index contributed by atoms with van der Waals surface area (Å²) in [5, 5.41) is 3.26. The molecule has 0 aromatic heterocycles. The number of hydrogen-bond donors (Lipinski definition) is 1. The molecule has 1 unspecified atom stereocenters. The van der Waals surface area contributed by atoms with Crippen LogP contribution in [-0.4, -0.2) is 60.9 Å². The SMILES string of the molecule is CC(C)C(=O)N1CCN(C(=O)C2(C)CCNC2)CC1.Cl. The number of halogens is 1. The zero-order valence-corrected chi connectivity index (χ0v) is 13.5. The van der Waals surface area contributed by atoms with E-state index in [4.69, 9.17) is 0 Å². The molecule has 0 radical (unpaired) electrons. The summed E-state index contributed by atoms with van der Waals surface area (Å²) >= 11 is 0. The molecule has 2 aliphatic heterocycles. The molecule has 0 aromatic rings. The van der Waals surface area contributed by atoms with Crippen LogP contribution in [0, 0.1) is 11.3 Å². The summed E-state index contributed by atoms with van der Waals surface area (Å²) in [6.07, 6.45) is 0.914. The van der Waals surface area contributed by atoms with Crippen LogP contribution in [0.2, 0.25) is 0 Å². The first-order chi connectivity index (χ1) is 8.94. The summed E-state index contributed by atoms with van der Waals surface area (Å²) in [5.74, 6) is 0.480. The van der Waals surface area contributed by atoms with Crippen molar-refractivity contribution in [1.82, 2.24) is 15.1 Å². The molecule has 2 saturated heterocycles. The molecule has 116 valence electrons. The lowest BCUT2D eigenvalue weighted by atomic mass is 9.88. The highest BCUT2D eigenvalue weighted by Gasteiger charge is 2.40. The number of hydrogen-bond acceptors (Lipinski definition) is 3. The van der Waals surface area contributed by atoms with E-state index in [1.165, 1.54) is 0 Å². The Labute approximate surface area is 127 Å². The van der Waals surface area contributed by atoms with Crippen LogP contribution in [0.25, 0.3) is 0 Å². The fraction of sp³-hybridized carbons (Fsp3) is 0.857. The largest absolute Gasteiger partial charge is 0.339 e. The maximum atomic E-state index is 12.5. The fourth-order valence-electron chi connectivity index (χ4n) is 2.88. The molecule has 0 bridgehead atoms. The van der Waals surface area contributed by atoms with Gasteiger partial charge in [-0.15, -0.1) is 12.4 Å². The Hall–Kier alpha value is -0.810. The van der Waals surface area contributed by atoms with Gasteiger partial charge >= 0.3 is 0 Å². The third kappa shape index (κ3) is 3.44. The van der Waals surface area contributed by atoms with E-state index in [0.717, 1.165) is 19.5 Å². The summed E-state index contributed by atoms with van der Waals surface area (Å²) in [4.78, 5) is 28.2. The molecule has 2 aliphatic rings. The number of rotatable bonds is 2. The molecule has 5 nitrogen and oxygen atoms in total. The van der Waals surface area contributed by atoms with Gasteiger partial charge in [-0.2, -0.15) is 0 Å². The first kappa shape index (κ1) is 17.2. The normalized spacial score (nSPS) is 26.6. The molecule has 0 saturated carbocycles. The van der Waals surface area contributed by atoms with Gasteiger partial charge in [0, 0.05) is 38.6 Å². The molecule has 2 heterocycles. The van der Waals surface area contributed by atoms with Crippen LogP contribution in [0.3, 0.4) is 0 Å². The summed E-state index contributed by atoms with van der Waals surface area (Å²) in [5.41, 5.74) is -0.246. The first-order valence-corrected chi connectivity index (χ1v) is 7.23. The third-order valence-electron chi connectivity index (χ3n) is 4.26. The number of piperazine rings is 1. The summed E-state index contributed by atoms with van der Waals surface area (Å²) < 4.78 is 0. The smallest absolute Gasteiger partial charge is 0.229 e. The van der Waals surface area contributed by atoms with Gasteiger partial charge in [0.25, 0.3) is 0 Å². The van der Waals surface area contributed by atoms with Gasteiger partial charge in [-0.3, -0.25) is 9.59 Å². The van der Waals surface area contributed by atoms with Gasteiger partial charge in [0.15, 0.2) is 0 Å². The van der Waals surface area contributed by atoms with E-state index in [-0.39, 0.29) is 35.6 Å². The highest BCUT2D eigenvalue weighted by molar-refractivity contribution is 5.85. The van der Waals surface area contributed by atoms with Crippen molar-refractivity contribution in [3.05, 3.63) is 0 Å².